The van der Waals surface area contributed by atoms with Crippen LogP contribution in [0.3, 0.4) is 0 Å². The minimum absolute atomic E-state index is 0.0242. The van der Waals surface area contributed by atoms with Crippen LogP contribution >= 0.6 is 23.2 Å². The van der Waals surface area contributed by atoms with Gasteiger partial charge in [-0.3, -0.25) is 4.72 Å². The second kappa shape index (κ2) is 6.75. The lowest BCUT2D eigenvalue weighted by molar-refractivity contribution is 0.601. The van der Waals surface area contributed by atoms with Gasteiger partial charge in [0.2, 0.25) is 0 Å². The number of fused-ring (bicyclic) bond motifs is 3. The Morgan fingerprint density at radius 3 is 2.26 bits per heavy atom. The normalized spacial score (nSPS) is 12.0. The maximum absolute atomic E-state index is 12.7. The van der Waals surface area contributed by atoms with Gasteiger partial charge < -0.3 is 4.57 Å². The smallest absolute Gasteiger partial charge is 0.261 e. The predicted molar refractivity (Wildman–Crippen MR) is 112 cm³/mol. The first kappa shape index (κ1) is 18.2. The highest BCUT2D eigenvalue weighted by molar-refractivity contribution is 7.92. The Morgan fingerprint density at radius 2 is 1.56 bits per heavy atom. The maximum Gasteiger partial charge on any atom is 0.261 e. The van der Waals surface area contributed by atoms with E-state index in [1.165, 1.54) is 18.2 Å². The molecule has 0 spiro atoms. The van der Waals surface area contributed by atoms with E-state index in [2.05, 4.69) is 22.3 Å². The van der Waals surface area contributed by atoms with Gasteiger partial charge in [-0.05, 0) is 49.4 Å². The number of hydrogen-bond acceptors (Lipinski definition) is 2. The Hall–Kier alpha value is -2.21. The number of anilines is 1. The number of halogens is 2. The molecule has 4 nitrogen and oxygen atoms in total. The molecule has 0 atom stereocenters. The van der Waals surface area contributed by atoms with Gasteiger partial charge in [-0.2, -0.15) is 0 Å². The van der Waals surface area contributed by atoms with Crippen molar-refractivity contribution in [2.24, 2.45) is 0 Å². The molecular weight excluding hydrogens is 403 g/mol. The number of para-hydroxylation sites is 1. The molecule has 0 aliphatic rings. The molecule has 4 rings (SSSR count). The Morgan fingerprint density at radius 1 is 0.889 bits per heavy atom. The largest absolute Gasteiger partial charge is 0.341 e. The van der Waals surface area contributed by atoms with E-state index in [0.717, 1.165) is 28.4 Å². The SMILES string of the molecule is CCn1c2ccccc2c2cc(NS(=O)(=O)c3cc(Cl)cc(Cl)c3)ccc21. The van der Waals surface area contributed by atoms with Crippen LogP contribution in [-0.4, -0.2) is 13.0 Å². The molecule has 0 bridgehead atoms. The molecule has 7 heteroatoms. The van der Waals surface area contributed by atoms with Crippen LogP contribution in [0, 0.1) is 0 Å². The summed E-state index contributed by atoms with van der Waals surface area (Å²) in [5.74, 6) is 0. The molecule has 138 valence electrons. The first-order valence-corrected chi connectivity index (χ1v) is 10.6. The van der Waals surface area contributed by atoms with E-state index in [9.17, 15) is 8.42 Å². The Balaban J connectivity index is 1.82. The van der Waals surface area contributed by atoms with Gasteiger partial charge in [-0.25, -0.2) is 8.42 Å². The van der Waals surface area contributed by atoms with E-state index in [0.29, 0.717) is 5.69 Å². The van der Waals surface area contributed by atoms with Gasteiger partial charge in [0.25, 0.3) is 10.0 Å². The van der Waals surface area contributed by atoms with Gasteiger partial charge in [0, 0.05) is 44.1 Å². The molecule has 0 unspecified atom stereocenters. The van der Waals surface area contributed by atoms with Crippen LogP contribution in [-0.2, 0) is 16.6 Å². The number of aryl methyl sites for hydroxylation is 1. The number of hydrogen-bond donors (Lipinski definition) is 1. The van der Waals surface area contributed by atoms with Crippen molar-refractivity contribution in [3.63, 3.8) is 0 Å². The molecule has 0 amide bonds. The first-order valence-electron chi connectivity index (χ1n) is 8.39. The summed E-state index contributed by atoms with van der Waals surface area (Å²) in [6, 6.07) is 17.9. The Kier molecular flexibility index (Phi) is 4.54. The van der Waals surface area contributed by atoms with E-state index in [4.69, 9.17) is 23.2 Å². The van der Waals surface area contributed by atoms with Crippen LogP contribution in [0.4, 0.5) is 5.69 Å². The fraction of sp³-hybridized carbons (Fsp3) is 0.100. The Bertz CT molecular complexity index is 1260. The fourth-order valence-corrected chi connectivity index (χ4v) is 5.13. The monoisotopic (exact) mass is 418 g/mol. The average Bonchev–Trinajstić information content (AvgIpc) is 2.94. The number of benzene rings is 3. The van der Waals surface area contributed by atoms with Gasteiger partial charge in [0.1, 0.15) is 0 Å². The molecule has 3 aromatic carbocycles. The highest BCUT2D eigenvalue weighted by atomic mass is 35.5. The van der Waals surface area contributed by atoms with Gasteiger partial charge in [-0.1, -0.05) is 41.4 Å². The molecular formula is C20H16Cl2N2O2S. The molecule has 0 fully saturated rings. The zero-order valence-corrected chi connectivity index (χ0v) is 16.7. The number of aromatic nitrogens is 1. The van der Waals surface area contributed by atoms with E-state index >= 15 is 0 Å². The second-order valence-electron chi connectivity index (χ2n) is 6.20. The maximum atomic E-state index is 12.7. The summed E-state index contributed by atoms with van der Waals surface area (Å²) in [4.78, 5) is 0.0242. The van der Waals surface area contributed by atoms with Crippen LogP contribution in [0.1, 0.15) is 6.92 Å². The van der Waals surface area contributed by atoms with Crippen molar-refractivity contribution in [1.29, 1.82) is 0 Å². The van der Waals surface area contributed by atoms with Gasteiger partial charge >= 0.3 is 0 Å². The third kappa shape index (κ3) is 3.27. The molecule has 1 N–H and O–H groups in total. The summed E-state index contributed by atoms with van der Waals surface area (Å²) in [5, 5.41) is 2.62. The van der Waals surface area contributed by atoms with Gasteiger partial charge in [0.15, 0.2) is 0 Å². The lowest BCUT2D eigenvalue weighted by atomic mass is 10.1. The van der Waals surface area contributed by atoms with Crippen LogP contribution < -0.4 is 4.72 Å². The predicted octanol–water partition coefficient (Wildman–Crippen LogP) is 5.92. The van der Waals surface area contributed by atoms with Crippen molar-refractivity contribution < 1.29 is 8.42 Å². The molecule has 4 aromatic rings. The van der Waals surface area contributed by atoms with Gasteiger partial charge in [0.05, 0.1) is 4.90 Å². The molecule has 0 aliphatic carbocycles. The average molecular weight is 419 g/mol. The minimum Gasteiger partial charge on any atom is -0.341 e. The zero-order chi connectivity index (χ0) is 19.2. The lowest BCUT2D eigenvalue weighted by Gasteiger charge is -2.10. The van der Waals surface area contributed by atoms with Crippen molar-refractivity contribution in [2.75, 3.05) is 4.72 Å². The fourth-order valence-electron chi connectivity index (χ4n) is 3.36. The van der Waals surface area contributed by atoms with Crippen molar-refractivity contribution in [3.8, 4) is 0 Å². The highest BCUT2D eigenvalue weighted by Crippen LogP contribution is 2.32. The van der Waals surface area contributed by atoms with Crippen LogP contribution in [0.25, 0.3) is 21.8 Å². The minimum atomic E-state index is -3.80. The first-order chi connectivity index (χ1) is 12.9. The molecule has 27 heavy (non-hydrogen) atoms. The highest BCUT2D eigenvalue weighted by Gasteiger charge is 2.17. The molecule has 0 saturated heterocycles. The van der Waals surface area contributed by atoms with Crippen molar-refractivity contribution >= 4 is 60.7 Å². The molecule has 0 radical (unpaired) electrons. The second-order valence-corrected chi connectivity index (χ2v) is 8.76. The van der Waals surface area contributed by atoms with Crippen molar-refractivity contribution in [2.45, 2.75) is 18.4 Å². The molecule has 0 aliphatic heterocycles. The van der Waals surface area contributed by atoms with E-state index in [1.54, 1.807) is 6.07 Å². The summed E-state index contributed by atoms with van der Waals surface area (Å²) in [6.07, 6.45) is 0. The van der Waals surface area contributed by atoms with E-state index < -0.39 is 10.0 Å². The number of nitrogens with one attached hydrogen (secondary N) is 1. The summed E-state index contributed by atoms with van der Waals surface area (Å²) < 4.78 is 30.3. The third-order valence-electron chi connectivity index (χ3n) is 4.49. The number of rotatable bonds is 4. The van der Waals surface area contributed by atoms with E-state index in [-0.39, 0.29) is 14.9 Å². The summed E-state index contributed by atoms with van der Waals surface area (Å²) >= 11 is 11.9. The van der Waals surface area contributed by atoms with Crippen molar-refractivity contribution in [3.05, 3.63) is 70.7 Å². The molecule has 0 saturated carbocycles. The van der Waals surface area contributed by atoms with Crippen LogP contribution in [0.15, 0.2) is 65.6 Å². The standard InChI is InChI=1S/C20H16Cl2N2O2S/c1-2-24-19-6-4-3-5-17(19)18-12-15(7-8-20(18)24)23-27(25,26)16-10-13(21)9-14(22)11-16/h3-12,23H,2H2,1H3. The van der Waals surface area contributed by atoms with Crippen LogP contribution in [0.2, 0.25) is 10.0 Å². The van der Waals surface area contributed by atoms with E-state index in [1.807, 2.05) is 30.3 Å². The quantitative estimate of drug-likeness (QED) is 0.446. The van der Waals surface area contributed by atoms with Gasteiger partial charge in [-0.15, -0.1) is 0 Å². The van der Waals surface area contributed by atoms with Crippen LogP contribution in [0.5, 0.6) is 0 Å². The lowest BCUT2D eigenvalue weighted by Crippen LogP contribution is -2.13. The topological polar surface area (TPSA) is 51.1 Å². The third-order valence-corrected chi connectivity index (χ3v) is 6.28. The molecule has 1 heterocycles. The number of sulfonamides is 1. The summed E-state index contributed by atoms with van der Waals surface area (Å²) in [6.45, 7) is 2.92. The zero-order valence-electron chi connectivity index (χ0n) is 14.4. The summed E-state index contributed by atoms with van der Waals surface area (Å²) in [5.41, 5.74) is 2.67. The number of nitrogens with zero attached hydrogens (tertiary/aromatic N) is 1. The van der Waals surface area contributed by atoms with Crippen molar-refractivity contribution in [1.82, 2.24) is 4.57 Å². The Labute approximate surface area is 167 Å². The molecule has 1 aromatic heterocycles. The summed E-state index contributed by atoms with van der Waals surface area (Å²) in [7, 11) is -3.80.